The SMILES string of the molecule is CCC(N)CC(=O)Nc1ccccc1CO. The summed E-state index contributed by atoms with van der Waals surface area (Å²) in [5.74, 6) is -0.116. The minimum atomic E-state index is -0.116. The van der Waals surface area contributed by atoms with Crippen LogP contribution in [0.25, 0.3) is 0 Å². The molecule has 1 aromatic rings. The Morgan fingerprint density at radius 1 is 1.50 bits per heavy atom. The van der Waals surface area contributed by atoms with Crippen LogP contribution >= 0.6 is 0 Å². The van der Waals surface area contributed by atoms with Gasteiger partial charge < -0.3 is 16.2 Å². The molecule has 1 amide bonds. The first-order valence-electron chi connectivity index (χ1n) is 5.41. The van der Waals surface area contributed by atoms with Crippen molar-refractivity contribution >= 4 is 11.6 Å². The van der Waals surface area contributed by atoms with Gasteiger partial charge in [-0.05, 0) is 12.5 Å². The third kappa shape index (κ3) is 3.64. The Hall–Kier alpha value is -1.39. The summed E-state index contributed by atoms with van der Waals surface area (Å²) in [6.07, 6.45) is 1.07. The number of aliphatic hydroxyl groups excluding tert-OH is 1. The topological polar surface area (TPSA) is 75.4 Å². The van der Waals surface area contributed by atoms with Crippen molar-refractivity contribution in [3.05, 3.63) is 29.8 Å². The average Bonchev–Trinajstić information content (AvgIpc) is 2.29. The highest BCUT2D eigenvalue weighted by molar-refractivity contribution is 5.91. The van der Waals surface area contributed by atoms with E-state index in [0.29, 0.717) is 17.7 Å². The van der Waals surface area contributed by atoms with Gasteiger partial charge in [-0.1, -0.05) is 25.1 Å². The molecule has 0 saturated heterocycles. The molecule has 0 spiro atoms. The lowest BCUT2D eigenvalue weighted by Gasteiger charge is -2.11. The van der Waals surface area contributed by atoms with E-state index in [-0.39, 0.29) is 18.6 Å². The zero-order valence-corrected chi connectivity index (χ0v) is 9.44. The van der Waals surface area contributed by atoms with E-state index in [1.54, 1.807) is 12.1 Å². The Morgan fingerprint density at radius 2 is 2.19 bits per heavy atom. The molecule has 1 rings (SSSR count). The fourth-order valence-electron chi connectivity index (χ4n) is 1.36. The van der Waals surface area contributed by atoms with Crippen LogP contribution in [0.1, 0.15) is 25.3 Å². The largest absolute Gasteiger partial charge is 0.392 e. The summed E-state index contributed by atoms with van der Waals surface area (Å²) in [5, 5.41) is 11.8. The Morgan fingerprint density at radius 3 is 2.81 bits per heavy atom. The Labute approximate surface area is 95.5 Å². The van der Waals surface area contributed by atoms with Crippen LogP contribution in [0.4, 0.5) is 5.69 Å². The lowest BCUT2D eigenvalue weighted by atomic mass is 10.1. The highest BCUT2D eigenvalue weighted by Crippen LogP contribution is 2.15. The summed E-state index contributed by atoms with van der Waals surface area (Å²) < 4.78 is 0. The maximum atomic E-state index is 11.6. The van der Waals surface area contributed by atoms with Crippen LogP contribution in [0.3, 0.4) is 0 Å². The minimum Gasteiger partial charge on any atom is -0.392 e. The van der Waals surface area contributed by atoms with Gasteiger partial charge in [0.25, 0.3) is 0 Å². The van der Waals surface area contributed by atoms with Crippen LogP contribution in [0.5, 0.6) is 0 Å². The molecular weight excluding hydrogens is 204 g/mol. The second-order valence-corrected chi connectivity index (χ2v) is 3.74. The molecule has 4 heteroatoms. The van der Waals surface area contributed by atoms with E-state index in [0.717, 1.165) is 6.42 Å². The molecule has 1 aromatic carbocycles. The van der Waals surface area contributed by atoms with Crippen LogP contribution in [0.2, 0.25) is 0 Å². The van der Waals surface area contributed by atoms with E-state index in [2.05, 4.69) is 5.32 Å². The molecule has 0 fully saturated rings. The van der Waals surface area contributed by atoms with Gasteiger partial charge in [0.2, 0.25) is 5.91 Å². The molecular formula is C12H18N2O2. The molecule has 1 unspecified atom stereocenters. The second kappa shape index (κ2) is 6.25. The van der Waals surface area contributed by atoms with Crippen molar-refractivity contribution in [2.75, 3.05) is 5.32 Å². The van der Waals surface area contributed by atoms with Gasteiger partial charge in [-0.3, -0.25) is 4.79 Å². The molecule has 0 aromatic heterocycles. The number of benzene rings is 1. The first-order valence-corrected chi connectivity index (χ1v) is 5.41. The predicted octanol–water partition coefficient (Wildman–Crippen LogP) is 1.24. The Kier molecular flexibility index (Phi) is 4.95. The monoisotopic (exact) mass is 222 g/mol. The summed E-state index contributed by atoms with van der Waals surface area (Å²) in [5.41, 5.74) is 7.05. The van der Waals surface area contributed by atoms with Crippen LogP contribution < -0.4 is 11.1 Å². The fraction of sp³-hybridized carbons (Fsp3) is 0.417. The standard InChI is InChI=1S/C12H18N2O2/c1-2-10(13)7-12(16)14-11-6-4-3-5-9(11)8-15/h3-6,10,15H,2,7-8,13H2,1H3,(H,14,16). The van der Waals surface area contributed by atoms with Gasteiger partial charge in [0.15, 0.2) is 0 Å². The summed E-state index contributed by atoms with van der Waals surface area (Å²) in [6.45, 7) is 1.86. The van der Waals surface area contributed by atoms with Crippen LogP contribution in [-0.4, -0.2) is 17.1 Å². The number of rotatable bonds is 5. The van der Waals surface area contributed by atoms with Crippen LogP contribution in [0, 0.1) is 0 Å². The average molecular weight is 222 g/mol. The van der Waals surface area contributed by atoms with Gasteiger partial charge >= 0.3 is 0 Å². The van der Waals surface area contributed by atoms with Crippen molar-refractivity contribution in [2.45, 2.75) is 32.4 Å². The summed E-state index contributed by atoms with van der Waals surface area (Å²) in [6, 6.07) is 7.06. The van der Waals surface area contributed by atoms with Crippen molar-refractivity contribution in [1.82, 2.24) is 0 Å². The molecule has 0 aliphatic heterocycles. The van der Waals surface area contributed by atoms with E-state index in [1.165, 1.54) is 0 Å². The predicted molar refractivity (Wildman–Crippen MR) is 63.9 cm³/mol. The first kappa shape index (κ1) is 12.7. The third-order valence-corrected chi connectivity index (χ3v) is 2.43. The van der Waals surface area contributed by atoms with Gasteiger partial charge in [0.05, 0.1) is 6.61 Å². The zero-order chi connectivity index (χ0) is 12.0. The van der Waals surface area contributed by atoms with E-state index in [1.807, 2.05) is 19.1 Å². The number of nitrogens with two attached hydrogens (primary N) is 1. The summed E-state index contributed by atoms with van der Waals surface area (Å²) >= 11 is 0. The number of nitrogens with one attached hydrogen (secondary N) is 1. The van der Waals surface area contributed by atoms with Crippen molar-refractivity contribution in [2.24, 2.45) is 5.73 Å². The van der Waals surface area contributed by atoms with Gasteiger partial charge in [-0.25, -0.2) is 0 Å². The first-order chi connectivity index (χ1) is 7.67. The van der Waals surface area contributed by atoms with Gasteiger partial charge in [0.1, 0.15) is 0 Å². The van der Waals surface area contributed by atoms with Crippen LogP contribution in [0.15, 0.2) is 24.3 Å². The highest BCUT2D eigenvalue weighted by atomic mass is 16.3. The molecule has 4 nitrogen and oxygen atoms in total. The number of hydrogen-bond acceptors (Lipinski definition) is 3. The number of hydrogen-bond donors (Lipinski definition) is 3. The molecule has 0 bridgehead atoms. The summed E-state index contributed by atoms with van der Waals surface area (Å²) in [7, 11) is 0. The van der Waals surface area contributed by atoms with Gasteiger partial charge in [-0.15, -0.1) is 0 Å². The van der Waals surface area contributed by atoms with E-state index >= 15 is 0 Å². The lowest BCUT2D eigenvalue weighted by molar-refractivity contribution is -0.116. The van der Waals surface area contributed by atoms with Gasteiger partial charge in [0, 0.05) is 23.7 Å². The minimum absolute atomic E-state index is 0.0870. The lowest BCUT2D eigenvalue weighted by Crippen LogP contribution is -2.26. The third-order valence-electron chi connectivity index (χ3n) is 2.43. The number of amides is 1. The summed E-state index contributed by atoms with van der Waals surface area (Å²) in [4.78, 5) is 11.6. The molecule has 0 heterocycles. The normalized spacial score (nSPS) is 12.2. The van der Waals surface area contributed by atoms with E-state index in [9.17, 15) is 4.79 Å². The molecule has 1 atom stereocenters. The molecule has 88 valence electrons. The molecule has 0 radical (unpaired) electrons. The highest BCUT2D eigenvalue weighted by Gasteiger charge is 2.09. The number of carbonyl (C=O) groups is 1. The number of anilines is 1. The Bertz CT molecular complexity index is 353. The fourth-order valence-corrected chi connectivity index (χ4v) is 1.36. The molecule has 0 saturated carbocycles. The molecule has 0 aliphatic carbocycles. The maximum Gasteiger partial charge on any atom is 0.225 e. The van der Waals surface area contributed by atoms with Gasteiger partial charge in [-0.2, -0.15) is 0 Å². The Balaban J connectivity index is 2.62. The maximum absolute atomic E-state index is 11.6. The smallest absolute Gasteiger partial charge is 0.225 e. The molecule has 0 aliphatic rings. The number of para-hydroxylation sites is 1. The number of carbonyl (C=O) groups excluding carboxylic acids is 1. The van der Waals surface area contributed by atoms with E-state index in [4.69, 9.17) is 10.8 Å². The quantitative estimate of drug-likeness (QED) is 0.701. The number of aliphatic hydroxyl groups is 1. The van der Waals surface area contributed by atoms with Crippen molar-refractivity contribution in [3.8, 4) is 0 Å². The van der Waals surface area contributed by atoms with Crippen molar-refractivity contribution < 1.29 is 9.90 Å². The van der Waals surface area contributed by atoms with Crippen molar-refractivity contribution in [1.29, 1.82) is 0 Å². The zero-order valence-electron chi connectivity index (χ0n) is 9.44. The second-order valence-electron chi connectivity index (χ2n) is 3.74. The molecule has 16 heavy (non-hydrogen) atoms. The van der Waals surface area contributed by atoms with Crippen LogP contribution in [-0.2, 0) is 11.4 Å². The molecule has 4 N–H and O–H groups in total. The van der Waals surface area contributed by atoms with E-state index < -0.39 is 0 Å². The van der Waals surface area contributed by atoms with Crippen molar-refractivity contribution in [3.63, 3.8) is 0 Å².